The molecule has 0 bridgehead atoms. The highest BCUT2D eigenvalue weighted by Crippen LogP contribution is 2.40. The maximum atomic E-state index is 15.3. The summed E-state index contributed by atoms with van der Waals surface area (Å²) in [5, 5.41) is 15.1. The van der Waals surface area contributed by atoms with Gasteiger partial charge in [0, 0.05) is 68.5 Å². The Balaban J connectivity index is 1.83. The van der Waals surface area contributed by atoms with Gasteiger partial charge in [-0.05, 0) is 162 Å². The lowest BCUT2D eigenvalue weighted by atomic mass is 9.74. The summed E-state index contributed by atoms with van der Waals surface area (Å²) < 4.78 is 0. The SMILES string of the molecule is CC1(C)CC(N(C(=O)C(=[N+]=[N-])C(=O)N(C2CC(C)(C)NC(C)(C)C2)C2CC(C)(C)NC(C)(C)C2)C2CC(C)(C)NC(C)(C)C2)CC(C)(C)N1. The molecule has 4 fully saturated rings. The molecule has 0 spiro atoms. The molecule has 4 rings (SSSR count). The van der Waals surface area contributed by atoms with Crippen LogP contribution in [0.5, 0.6) is 0 Å². The summed E-state index contributed by atoms with van der Waals surface area (Å²) in [6.07, 6.45) is 5.86. The van der Waals surface area contributed by atoms with Crippen molar-refractivity contribution in [1.29, 1.82) is 0 Å². The molecule has 280 valence electrons. The van der Waals surface area contributed by atoms with Gasteiger partial charge in [0.1, 0.15) is 0 Å². The zero-order valence-corrected chi connectivity index (χ0v) is 34.1. The van der Waals surface area contributed by atoms with Crippen molar-refractivity contribution in [1.82, 2.24) is 31.1 Å². The topological polar surface area (TPSA) is 125 Å². The van der Waals surface area contributed by atoms with Gasteiger partial charge in [0.15, 0.2) is 0 Å². The van der Waals surface area contributed by atoms with Gasteiger partial charge in [0.05, 0.1) is 0 Å². The molecule has 0 aromatic rings. The molecule has 0 aromatic carbocycles. The Morgan fingerprint density at radius 3 is 0.735 bits per heavy atom. The summed E-state index contributed by atoms with van der Waals surface area (Å²) in [6.45, 7) is 35.0. The fourth-order valence-electron chi connectivity index (χ4n) is 11.5. The molecular formula is C39H72N8O2. The molecule has 2 amide bonds. The zero-order chi connectivity index (χ0) is 37.4. The van der Waals surface area contributed by atoms with E-state index in [1.54, 1.807) is 0 Å². The number of nitrogens with zero attached hydrogens (tertiary/aromatic N) is 4. The Hall–Kier alpha value is -1.84. The quantitative estimate of drug-likeness (QED) is 0.126. The van der Waals surface area contributed by atoms with Crippen LogP contribution in [-0.4, -0.2) is 101 Å². The molecule has 4 aliphatic rings. The highest BCUT2D eigenvalue weighted by Gasteiger charge is 2.54. The van der Waals surface area contributed by atoms with E-state index in [0.29, 0.717) is 0 Å². The summed E-state index contributed by atoms with van der Waals surface area (Å²) in [7, 11) is 0. The maximum Gasteiger partial charge on any atom is 0.443 e. The van der Waals surface area contributed by atoms with Gasteiger partial charge in [0.2, 0.25) is 0 Å². The van der Waals surface area contributed by atoms with Crippen LogP contribution in [0.4, 0.5) is 0 Å². The van der Waals surface area contributed by atoms with E-state index in [-0.39, 0.29) is 74.2 Å². The molecule has 0 unspecified atom stereocenters. The molecule has 0 aromatic heterocycles. The molecule has 4 saturated heterocycles. The van der Waals surface area contributed by atoms with Gasteiger partial charge in [0.25, 0.3) is 0 Å². The van der Waals surface area contributed by atoms with E-state index in [4.69, 9.17) is 0 Å². The Bertz CT molecular complexity index is 1100. The van der Waals surface area contributed by atoms with Gasteiger partial charge < -0.3 is 36.6 Å². The third-order valence-electron chi connectivity index (χ3n) is 11.2. The monoisotopic (exact) mass is 685 g/mol. The van der Waals surface area contributed by atoms with Crippen molar-refractivity contribution in [3.8, 4) is 0 Å². The molecular weight excluding hydrogens is 612 g/mol. The van der Waals surface area contributed by atoms with Crippen LogP contribution in [0.1, 0.15) is 162 Å². The van der Waals surface area contributed by atoms with Gasteiger partial charge >= 0.3 is 17.5 Å². The summed E-state index contributed by atoms with van der Waals surface area (Å²) in [6, 6.07) is -0.556. The second-order valence-corrected chi connectivity index (χ2v) is 21.7. The van der Waals surface area contributed by atoms with E-state index < -0.39 is 11.8 Å². The van der Waals surface area contributed by atoms with E-state index in [1.165, 1.54) is 0 Å². The number of hydrogen-bond acceptors (Lipinski definition) is 6. The first kappa shape index (κ1) is 39.9. The average Bonchev–Trinajstić information content (AvgIpc) is 2.76. The van der Waals surface area contributed by atoms with E-state index >= 15 is 9.59 Å². The summed E-state index contributed by atoms with van der Waals surface area (Å²) >= 11 is 0. The number of amides is 2. The highest BCUT2D eigenvalue weighted by molar-refractivity contribution is 6.63. The van der Waals surface area contributed by atoms with Gasteiger partial charge in [-0.2, -0.15) is 4.79 Å². The van der Waals surface area contributed by atoms with Gasteiger partial charge in [-0.15, -0.1) is 0 Å². The Labute approximate surface area is 298 Å². The Kier molecular flexibility index (Phi) is 10.3. The Morgan fingerprint density at radius 2 is 0.592 bits per heavy atom. The molecule has 0 radical (unpaired) electrons. The molecule has 0 saturated carbocycles. The predicted octanol–water partition coefficient (Wildman–Crippen LogP) is 5.55. The van der Waals surface area contributed by atoms with Crippen LogP contribution in [0.15, 0.2) is 0 Å². The summed E-state index contributed by atoms with van der Waals surface area (Å²) in [4.78, 5) is 38.1. The molecule has 4 heterocycles. The summed E-state index contributed by atoms with van der Waals surface area (Å²) in [5.41, 5.74) is 8.64. The van der Waals surface area contributed by atoms with Crippen molar-refractivity contribution in [2.24, 2.45) is 0 Å². The molecule has 4 N–H and O–H groups in total. The third-order valence-corrected chi connectivity index (χ3v) is 11.2. The molecule has 10 heteroatoms. The minimum absolute atomic E-state index is 0.139. The van der Waals surface area contributed by atoms with E-state index in [9.17, 15) is 5.53 Å². The molecule has 0 aliphatic carbocycles. The molecule has 0 atom stereocenters. The number of piperidine rings is 4. The number of carbonyl (C=O) groups excluding carboxylic acids is 2. The van der Waals surface area contributed by atoms with Crippen LogP contribution < -0.4 is 21.3 Å². The zero-order valence-electron chi connectivity index (χ0n) is 34.1. The molecule has 10 nitrogen and oxygen atoms in total. The van der Waals surface area contributed by atoms with Gasteiger partial charge in [-0.25, -0.2) is 0 Å². The standard InChI is InChI=1S/C39H72N8O2/c1-32(2)17-25(18-33(3,4)42-32)46(26-19-34(5,6)43-35(7,8)20-26)30(48)29(41-40)31(49)47(27-21-36(9,10)44-37(11,12)22-27)28-23-38(13,14)45-39(15,16)24-28/h25-28,42-45H,17-24H2,1-16H3. The minimum Gasteiger partial charge on any atom is -0.360 e. The maximum absolute atomic E-state index is 15.3. The second kappa shape index (κ2) is 12.7. The summed E-state index contributed by atoms with van der Waals surface area (Å²) in [5.74, 6) is -0.899. The van der Waals surface area contributed by atoms with Crippen molar-refractivity contribution in [2.75, 3.05) is 0 Å². The smallest absolute Gasteiger partial charge is 0.360 e. The fourth-order valence-corrected chi connectivity index (χ4v) is 11.5. The lowest BCUT2D eigenvalue weighted by molar-refractivity contribution is -0.146. The molecule has 4 aliphatic heterocycles. The van der Waals surface area contributed by atoms with E-state index in [2.05, 4.69) is 137 Å². The number of carbonyl (C=O) groups is 2. The first-order chi connectivity index (χ1) is 21.9. The number of hydrogen-bond donors (Lipinski definition) is 4. The largest absolute Gasteiger partial charge is 0.443 e. The lowest BCUT2D eigenvalue weighted by Gasteiger charge is -2.55. The van der Waals surface area contributed by atoms with Crippen LogP contribution >= 0.6 is 0 Å². The van der Waals surface area contributed by atoms with Crippen molar-refractivity contribution in [2.45, 2.75) is 231 Å². The number of rotatable bonds is 6. The predicted molar refractivity (Wildman–Crippen MR) is 200 cm³/mol. The highest BCUT2D eigenvalue weighted by atomic mass is 16.2. The van der Waals surface area contributed by atoms with Crippen LogP contribution in [-0.2, 0) is 9.59 Å². The van der Waals surface area contributed by atoms with Crippen LogP contribution in [0, 0.1) is 0 Å². The Morgan fingerprint density at radius 1 is 0.429 bits per heavy atom. The second-order valence-electron chi connectivity index (χ2n) is 21.7. The van der Waals surface area contributed by atoms with Crippen molar-refractivity contribution < 1.29 is 14.4 Å². The van der Waals surface area contributed by atoms with Crippen molar-refractivity contribution in [3.63, 3.8) is 0 Å². The minimum atomic E-state index is -0.450. The fraction of sp³-hybridized carbons (Fsp3) is 0.923. The first-order valence-corrected chi connectivity index (χ1v) is 18.9. The van der Waals surface area contributed by atoms with Crippen LogP contribution in [0.25, 0.3) is 5.53 Å². The lowest BCUT2D eigenvalue weighted by Crippen LogP contribution is -2.70. The van der Waals surface area contributed by atoms with Crippen LogP contribution in [0.2, 0.25) is 0 Å². The first-order valence-electron chi connectivity index (χ1n) is 18.9. The normalized spacial score (nSPS) is 29.0. The van der Waals surface area contributed by atoms with Crippen molar-refractivity contribution in [3.05, 3.63) is 5.53 Å². The third kappa shape index (κ3) is 9.73. The van der Waals surface area contributed by atoms with Gasteiger partial charge in [-0.3, -0.25) is 9.59 Å². The van der Waals surface area contributed by atoms with Crippen LogP contribution in [0.3, 0.4) is 0 Å². The van der Waals surface area contributed by atoms with Gasteiger partial charge in [-0.1, -0.05) is 0 Å². The van der Waals surface area contributed by atoms with Crippen molar-refractivity contribution >= 4 is 17.5 Å². The number of nitrogens with one attached hydrogen (secondary N) is 4. The average molecular weight is 685 g/mol. The van der Waals surface area contributed by atoms with E-state index in [1.807, 2.05) is 9.80 Å². The van der Waals surface area contributed by atoms with E-state index in [0.717, 1.165) is 51.4 Å². The molecule has 49 heavy (non-hydrogen) atoms.